The van der Waals surface area contributed by atoms with E-state index >= 15 is 0 Å². The van der Waals surface area contributed by atoms with Crippen molar-refractivity contribution in [2.75, 3.05) is 18.1 Å². The molecule has 1 aromatic carbocycles. The number of anilines is 1. The highest BCUT2D eigenvalue weighted by molar-refractivity contribution is 7.89. The fourth-order valence-corrected chi connectivity index (χ4v) is 2.18. The van der Waals surface area contributed by atoms with E-state index in [1.165, 1.54) is 6.26 Å². The van der Waals surface area contributed by atoms with Crippen molar-refractivity contribution in [2.45, 2.75) is 19.6 Å². The zero-order valence-corrected chi connectivity index (χ0v) is 10.8. The molecule has 0 aliphatic heterocycles. The lowest BCUT2D eigenvalue weighted by Gasteiger charge is -2.10. The van der Waals surface area contributed by atoms with Crippen LogP contribution < -0.4 is 5.32 Å². The first-order valence-electron chi connectivity index (χ1n) is 5.37. The second-order valence-electron chi connectivity index (χ2n) is 4.55. The molecule has 1 aromatic rings. The van der Waals surface area contributed by atoms with Gasteiger partial charge in [0.1, 0.15) is 0 Å². The number of sulfone groups is 1. The summed E-state index contributed by atoms with van der Waals surface area (Å²) >= 11 is 0. The van der Waals surface area contributed by atoms with Crippen LogP contribution in [0.3, 0.4) is 0 Å². The minimum atomic E-state index is -2.95. The number of benzene rings is 1. The molecule has 0 radical (unpaired) electrons. The molecule has 1 rings (SSSR count). The molecule has 0 aromatic heterocycles. The Morgan fingerprint density at radius 3 is 2.56 bits per heavy atom. The Kier molecular flexibility index (Phi) is 4.35. The van der Waals surface area contributed by atoms with Crippen LogP contribution in [0.25, 0.3) is 0 Å². The first-order chi connectivity index (χ1) is 7.37. The average molecular weight is 241 g/mol. The maximum atomic E-state index is 11.2. The van der Waals surface area contributed by atoms with E-state index in [9.17, 15) is 8.42 Å². The molecule has 1 N–H and O–H groups in total. The highest BCUT2D eigenvalue weighted by Crippen LogP contribution is 2.13. The third-order valence-corrected chi connectivity index (χ3v) is 2.93. The predicted octanol–water partition coefficient (Wildman–Crippen LogP) is 2.30. The minimum Gasteiger partial charge on any atom is -0.385 e. The SMILES string of the molecule is CC(C)CNc1cccc(CS(C)(=O)=O)c1. The fourth-order valence-electron chi connectivity index (χ4n) is 1.40. The molecule has 0 amide bonds. The maximum Gasteiger partial charge on any atom is 0.151 e. The van der Waals surface area contributed by atoms with Gasteiger partial charge in [-0.3, -0.25) is 0 Å². The van der Waals surface area contributed by atoms with Crippen molar-refractivity contribution in [3.05, 3.63) is 29.8 Å². The van der Waals surface area contributed by atoms with Crippen LogP contribution in [0.5, 0.6) is 0 Å². The summed E-state index contributed by atoms with van der Waals surface area (Å²) < 4.78 is 22.3. The van der Waals surface area contributed by atoms with Gasteiger partial charge in [0, 0.05) is 18.5 Å². The molecule has 4 heteroatoms. The van der Waals surface area contributed by atoms with Crippen molar-refractivity contribution < 1.29 is 8.42 Å². The largest absolute Gasteiger partial charge is 0.385 e. The summed E-state index contributed by atoms with van der Waals surface area (Å²) in [7, 11) is -2.95. The van der Waals surface area contributed by atoms with Crippen molar-refractivity contribution in [1.82, 2.24) is 0 Å². The molecule has 16 heavy (non-hydrogen) atoms. The molecule has 3 nitrogen and oxygen atoms in total. The van der Waals surface area contributed by atoms with E-state index < -0.39 is 9.84 Å². The van der Waals surface area contributed by atoms with Crippen molar-refractivity contribution in [3.63, 3.8) is 0 Å². The molecular formula is C12H19NO2S. The second kappa shape index (κ2) is 5.34. The van der Waals surface area contributed by atoms with Gasteiger partial charge >= 0.3 is 0 Å². The average Bonchev–Trinajstić information content (AvgIpc) is 2.12. The first kappa shape index (κ1) is 13.0. The van der Waals surface area contributed by atoms with E-state index in [1.807, 2.05) is 24.3 Å². The van der Waals surface area contributed by atoms with E-state index in [4.69, 9.17) is 0 Å². The first-order valence-corrected chi connectivity index (χ1v) is 7.43. The van der Waals surface area contributed by atoms with Gasteiger partial charge in [-0.2, -0.15) is 0 Å². The second-order valence-corrected chi connectivity index (χ2v) is 6.69. The summed E-state index contributed by atoms with van der Waals surface area (Å²) in [4.78, 5) is 0. The summed E-state index contributed by atoms with van der Waals surface area (Å²) in [5.74, 6) is 0.670. The molecule has 0 fully saturated rings. The maximum absolute atomic E-state index is 11.2. The van der Waals surface area contributed by atoms with Crippen LogP contribution in [-0.2, 0) is 15.6 Å². The minimum absolute atomic E-state index is 0.101. The van der Waals surface area contributed by atoms with Crippen LogP contribution in [0.1, 0.15) is 19.4 Å². The van der Waals surface area contributed by atoms with Crippen molar-refractivity contribution in [2.24, 2.45) is 5.92 Å². The Labute approximate surface area is 97.8 Å². The Morgan fingerprint density at radius 1 is 1.31 bits per heavy atom. The van der Waals surface area contributed by atoms with E-state index in [-0.39, 0.29) is 5.75 Å². The lowest BCUT2D eigenvalue weighted by atomic mass is 10.2. The van der Waals surface area contributed by atoms with E-state index in [2.05, 4.69) is 19.2 Å². The third kappa shape index (κ3) is 5.16. The molecule has 0 atom stereocenters. The van der Waals surface area contributed by atoms with Crippen molar-refractivity contribution in [1.29, 1.82) is 0 Å². The van der Waals surface area contributed by atoms with Gasteiger partial charge in [0.2, 0.25) is 0 Å². The summed E-state index contributed by atoms with van der Waals surface area (Å²) in [5, 5.41) is 3.28. The number of rotatable bonds is 5. The van der Waals surface area contributed by atoms with Crippen LogP contribution >= 0.6 is 0 Å². The molecule has 0 spiro atoms. The van der Waals surface area contributed by atoms with E-state index in [0.717, 1.165) is 17.8 Å². The molecule has 0 aliphatic carbocycles. The lowest BCUT2D eigenvalue weighted by Crippen LogP contribution is -2.08. The highest BCUT2D eigenvalue weighted by atomic mass is 32.2. The van der Waals surface area contributed by atoms with Gasteiger partial charge in [-0.25, -0.2) is 8.42 Å². The van der Waals surface area contributed by atoms with Crippen molar-refractivity contribution in [3.8, 4) is 0 Å². The standard InChI is InChI=1S/C12H19NO2S/c1-10(2)8-13-12-6-4-5-11(7-12)9-16(3,14)15/h4-7,10,13H,8-9H2,1-3H3. The predicted molar refractivity (Wildman–Crippen MR) is 68.3 cm³/mol. The molecule has 0 saturated carbocycles. The van der Waals surface area contributed by atoms with Gasteiger partial charge < -0.3 is 5.32 Å². The zero-order chi connectivity index (χ0) is 12.2. The molecule has 90 valence electrons. The summed E-state index contributed by atoms with van der Waals surface area (Å²) in [5.41, 5.74) is 1.81. The normalized spacial score (nSPS) is 11.8. The van der Waals surface area contributed by atoms with Gasteiger partial charge in [-0.05, 0) is 23.6 Å². The number of hydrogen-bond acceptors (Lipinski definition) is 3. The van der Waals surface area contributed by atoms with E-state index in [0.29, 0.717) is 5.92 Å². The zero-order valence-electron chi connectivity index (χ0n) is 10.0. The van der Waals surface area contributed by atoms with Crippen LogP contribution in [-0.4, -0.2) is 21.2 Å². The summed E-state index contributed by atoms with van der Waals surface area (Å²) in [6, 6.07) is 7.56. The topological polar surface area (TPSA) is 46.2 Å². The molecule has 0 bridgehead atoms. The molecule has 0 aliphatic rings. The molecular weight excluding hydrogens is 222 g/mol. The van der Waals surface area contributed by atoms with Gasteiger partial charge in [0.15, 0.2) is 9.84 Å². The van der Waals surface area contributed by atoms with Gasteiger partial charge in [0.25, 0.3) is 0 Å². The molecule has 0 unspecified atom stereocenters. The highest BCUT2D eigenvalue weighted by Gasteiger charge is 2.04. The van der Waals surface area contributed by atoms with Crippen LogP contribution in [0.15, 0.2) is 24.3 Å². The molecule has 0 heterocycles. The Balaban J connectivity index is 2.71. The summed E-state index contributed by atoms with van der Waals surface area (Å²) in [6.07, 6.45) is 1.25. The van der Waals surface area contributed by atoms with E-state index in [1.54, 1.807) is 0 Å². The van der Waals surface area contributed by atoms with Gasteiger partial charge in [-0.1, -0.05) is 26.0 Å². The van der Waals surface area contributed by atoms with Gasteiger partial charge in [0.05, 0.1) is 5.75 Å². The van der Waals surface area contributed by atoms with Crippen LogP contribution in [0.4, 0.5) is 5.69 Å². The van der Waals surface area contributed by atoms with Gasteiger partial charge in [-0.15, -0.1) is 0 Å². The fraction of sp³-hybridized carbons (Fsp3) is 0.500. The monoisotopic (exact) mass is 241 g/mol. The molecule has 0 saturated heterocycles. The van der Waals surface area contributed by atoms with Crippen LogP contribution in [0.2, 0.25) is 0 Å². The lowest BCUT2D eigenvalue weighted by molar-refractivity contribution is 0.601. The number of nitrogens with one attached hydrogen (secondary N) is 1. The Morgan fingerprint density at radius 2 is 2.00 bits per heavy atom. The summed E-state index contributed by atoms with van der Waals surface area (Å²) in [6.45, 7) is 5.16. The third-order valence-electron chi connectivity index (χ3n) is 2.07. The number of hydrogen-bond donors (Lipinski definition) is 1. The smallest absolute Gasteiger partial charge is 0.151 e. The Bertz CT molecular complexity index is 438. The Hall–Kier alpha value is -1.03. The van der Waals surface area contributed by atoms with Crippen molar-refractivity contribution >= 4 is 15.5 Å². The van der Waals surface area contributed by atoms with Crippen LogP contribution in [0, 0.1) is 5.92 Å². The quantitative estimate of drug-likeness (QED) is 0.860.